The van der Waals surface area contributed by atoms with E-state index in [1.807, 2.05) is 17.8 Å². The van der Waals surface area contributed by atoms with Gasteiger partial charge in [-0.25, -0.2) is 4.99 Å². The van der Waals surface area contributed by atoms with Crippen LogP contribution < -0.4 is 0 Å². The van der Waals surface area contributed by atoms with E-state index < -0.39 is 0 Å². The Labute approximate surface area is 130 Å². The van der Waals surface area contributed by atoms with E-state index in [1.165, 1.54) is 15.4 Å². The highest BCUT2D eigenvalue weighted by Crippen LogP contribution is 2.42. The zero-order valence-electron chi connectivity index (χ0n) is 9.04. The molecule has 0 fully saturated rings. The van der Waals surface area contributed by atoms with Crippen LogP contribution in [0.1, 0.15) is 5.56 Å². The predicted molar refractivity (Wildman–Crippen MR) is 90.0 cm³/mol. The monoisotopic (exact) mass is 391 g/mol. The lowest BCUT2D eigenvalue weighted by Crippen LogP contribution is -1.91. The minimum atomic E-state index is 0. The Hall–Kier alpha value is 0.0200. The van der Waals surface area contributed by atoms with Crippen LogP contribution in [0.25, 0.3) is 0 Å². The molecular weight excluding hydrogens is 381 g/mol. The Morgan fingerprint density at radius 1 is 1.12 bits per heavy atom. The largest absolute Gasteiger partial charge is 0.240 e. The fourth-order valence-corrected chi connectivity index (χ4v) is 4.31. The minimum absolute atomic E-state index is 0. The quantitative estimate of drug-likeness (QED) is 0.567. The van der Waals surface area contributed by atoms with Crippen molar-refractivity contribution in [2.45, 2.75) is 9.79 Å². The van der Waals surface area contributed by atoms with Gasteiger partial charge in [-0.05, 0) is 18.4 Å². The fourth-order valence-electron chi connectivity index (χ4n) is 1.60. The van der Waals surface area contributed by atoms with E-state index in [4.69, 9.17) is 4.99 Å². The Morgan fingerprint density at radius 2 is 1.94 bits per heavy atom. The third-order valence-electron chi connectivity index (χ3n) is 2.36. The van der Waals surface area contributed by atoms with Gasteiger partial charge < -0.3 is 0 Å². The van der Waals surface area contributed by atoms with Gasteiger partial charge in [0.25, 0.3) is 0 Å². The third-order valence-corrected chi connectivity index (χ3v) is 5.07. The summed E-state index contributed by atoms with van der Waals surface area (Å²) >= 11 is 5.27. The molecule has 1 nitrogen and oxygen atoms in total. The van der Waals surface area contributed by atoms with Crippen LogP contribution in [-0.2, 0) is 0 Å². The zero-order valence-corrected chi connectivity index (χ0v) is 13.8. The van der Waals surface area contributed by atoms with Crippen molar-refractivity contribution in [3.8, 4) is 0 Å². The number of thioether (sulfide) groups is 1. The van der Waals surface area contributed by atoms with Gasteiger partial charge in [0.1, 0.15) is 5.04 Å². The number of aliphatic imine (C=N–C) groups is 1. The number of fused-ring (bicyclic) bond motifs is 2. The smallest absolute Gasteiger partial charge is 0.106 e. The Kier molecular flexibility index (Phi) is 4.57. The van der Waals surface area contributed by atoms with Gasteiger partial charge in [0.2, 0.25) is 0 Å². The maximum Gasteiger partial charge on any atom is 0.106 e. The van der Waals surface area contributed by atoms with Gasteiger partial charge in [-0.1, -0.05) is 23.9 Å². The van der Waals surface area contributed by atoms with Gasteiger partial charge in [-0.2, -0.15) is 11.3 Å². The molecule has 0 saturated carbocycles. The Morgan fingerprint density at radius 3 is 2.76 bits per heavy atom. The zero-order chi connectivity index (χ0) is 11.0. The van der Waals surface area contributed by atoms with E-state index in [-0.39, 0.29) is 24.0 Å². The van der Waals surface area contributed by atoms with Crippen molar-refractivity contribution in [1.29, 1.82) is 0 Å². The molecule has 1 aliphatic heterocycles. The molecule has 0 N–H and O–H groups in total. The third kappa shape index (κ3) is 2.57. The summed E-state index contributed by atoms with van der Waals surface area (Å²) in [6.07, 6.45) is 2.08. The van der Waals surface area contributed by atoms with Crippen LogP contribution >= 0.6 is 58.8 Å². The first-order valence-corrected chi connectivity index (χ1v) is 7.83. The van der Waals surface area contributed by atoms with Crippen molar-refractivity contribution in [2.75, 3.05) is 6.26 Å². The van der Waals surface area contributed by atoms with Crippen LogP contribution in [0.5, 0.6) is 0 Å². The van der Waals surface area contributed by atoms with E-state index in [9.17, 15) is 0 Å². The summed E-state index contributed by atoms with van der Waals surface area (Å²) < 4.78 is 0. The predicted octanol–water partition coefficient (Wildman–Crippen LogP) is 5.27. The van der Waals surface area contributed by atoms with Crippen LogP contribution in [0.15, 0.2) is 49.8 Å². The number of halogens is 1. The topological polar surface area (TPSA) is 12.4 Å². The van der Waals surface area contributed by atoms with Crippen LogP contribution in [0.2, 0.25) is 0 Å². The normalized spacial score (nSPS) is 12.9. The Bertz CT molecular complexity index is 562. The minimum Gasteiger partial charge on any atom is -0.240 e. The van der Waals surface area contributed by atoms with E-state index in [2.05, 4.69) is 35.2 Å². The summed E-state index contributed by atoms with van der Waals surface area (Å²) in [5.74, 6) is 0. The molecule has 0 spiro atoms. The summed E-state index contributed by atoms with van der Waals surface area (Å²) in [4.78, 5) is 7.30. The molecule has 0 unspecified atom stereocenters. The standard InChI is InChI=1S/C12H9NS3.HI/c1-14-12-8-6-15-7-11(8)16-10-5-3-2-4-9(10)13-12;/h2-7H,1H3;1H. The SMILES string of the molecule is CSC1=Nc2ccccc2Sc2cscc21.I. The lowest BCUT2D eigenvalue weighted by molar-refractivity contribution is 1.39. The van der Waals surface area contributed by atoms with E-state index in [0.29, 0.717) is 0 Å². The summed E-state index contributed by atoms with van der Waals surface area (Å²) in [7, 11) is 0. The van der Waals surface area contributed by atoms with Gasteiger partial charge >= 0.3 is 0 Å². The molecule has 1 aromatic heterocycles. The molecule has 1 aliphatic rings. The summed E-state index contributed by atoms with van der Waals surface area (Å²) in [5.41, 5.74) is 2.36. The maximum atomic E-state index is 4.74. The van der Waals surface area contributed by atoms with Gasteiger partial charge in [-0.3, -0.25) is 0 Å². The van der Waals surface area contributed by atoms with Crippen molar-refractivity contribution in [3.05, 3.63) is 40.6 Å². The van der Waals surface area contributed by atoms with Crippen LogP contribution in [0.4, 0.5) is 5.69 Å². The van der Waals surface area contributed by atoms with Crippen molar-refractivity contribution in [1.82, 2.24) is 0 Å². The molecule has 0 radical (unpaired) electrons. The number of nitrogens with zero attached hydrogens (tertiary/aromatic N) is 1. The molecule has 17 heavy (non-hydrogen) atoms. The van der Waals surface area contributed by atoms with Crippen molar-refractivity contribution < 1.29 is 0 Å². The molecule has 5 heteroatoms. The number of rotatable bonds is 0. The molecule has 2 heterocycles. The highest BCUT2D eigenvalue weighted by molar-refractivity contribution is 14.0. The van der Waals surface area contributed by atoms with Crippen molar-refractivity contribution >= 4 is 69.6 Å². The van der Waals surface area contributed by atoms with Gasteiger partial charge in [-0.15, -0.1) is 35.7 Å². The van der Waals surface area contributed by atoms with Crippen LogP contribution in [-0.4, -0.2) is 11.3 Å². The summed E-state index contributed by atoms with van der Waals surface area (Å²) in [5, 5.41) is 5.51. The van der Waals surface area contributed by atoms with E-state index in [1.54, 1.807) is 23.1 Å². The first-order valence-electron chi connectivity index (χ1n) is 4.84. The second-order valence-corrected chi connectivity index (χ2v) is 5.96. The molecule has 1 aromatic carbocycles. The average Bonchev–Trinajstić information content (AvgIpc) is 2.70. The molecule has 2 aromatic rings. The number of hydrogen-bond acceptors (Lipinski definition) is 4. The molecule has 3 rings (SSSR count). The second-order valence-electron chi connectivity index (χ2n) is 3.34. The van der Waals surface area contributed by atoms with Gasteiger partial charge in [0.05, 0.1) is 5.69 Å². The van der Waals surface area contributed by atoms with Crippen molar-refractivity contribution in [3.63, 3.8) is 0 Å². The highest BCUT2D eigenvalue weighted by atomic mass is 127. The molecule has 0 atom stereocenters. The Balaban J connectivity index is 0.00000108. The first kappa shape index (κ1) is 13.5. The summed E-state index contributed by atoms with van der Waals surface area (Å²) in [6.45, 7) is 0. The van der Waals surface area contributed by atoms with Crippen LogP contribution in [0.3, 0.4) is 0 Å². The van der Waals surface area contributed by atoms with Crippen molar-refractivity contribution in [2.24, 2.45) is 4.99 Å². The average molecular weight is 391 g/mol. The molecule has 0 aliphatic carbocycles. The summed E-state index contributed by atoms with van der Waals surface area (Å²) in [6, 6.07) is 8.32. The van der Waals surface area contributed by atoms with E-state index >= 15 is 0 Å². The fraction of sp³-hybridized carbons (Fsp3) is 0.0833. The molecule has 88 valence electrons. The lowest BCUT2D eigenvalue weighted by Gasteiger charge is -2.00. The number of thiophene rings is 1. The lowest BCUT2D eigenvalue weighted by atomic mass is 10.3. The van der Waals surface area contributed by atoms with Crippen LogP contribution in [0, 0.1) is 0 Å². The molecular formula is C12H10INS3. The number of hydrogen-bond donors (Lipinski definition) is 0. The maximum absolute atomic E-state index is 4.74. The second kappa shape index (κ2) is 5.77. The highest BCUT2D eigenvalue weighted by Gasteiger charge is 2.17. The number of benzene rings is 1. The molecule has 0 amide bonds. The molecule has 0 saturated heterocycles. The first-order chi connectivity index (χ1) is 7.88. The van der Waals surface area contributed by atoms with Gasteiger partial charge in [0.15, 0.2) is 0 Å². The number of para-hydroxylation sites is 1. The van der Waals surface area contributed by atoms with Gasteiger partial charge in [0, 0.05) is 26.1 Å². The molecule has 0 bridgehead atoms. The van der Waals surface area contributed by atoms with E-state index in [0.717, 1.165) is 10.7 Å².